The van der Waals surface area contributed by atoms with Crippen LogP contribution in [-0.4, -0.2) is 16.3 Å². The van der Waals surface area contributed by atoms with Crippen LogP contribution >= 0.6 is 34.8 Å². The van der Waals surface area contributed by atoms with Gasteiger partial charge in [-0.1, -0.05) is 79.0 Å². The van der Waals surface area contributed by atoms with Gasteiger partial charge >= 0.3 is 0 Å². The maximum atomic E-state index is 7.48. The Bertz CT molecular complexity index is 398. The van der Waals surface area contributed by atoms with E-state index in [1.807, 2.05) is 32.0 Å². The summed E-state index contributed by atoms with van der Waals surface area (Å²) >= 11 is 16.7. The third-order valence-corrected chi connectivity index (χ3v) is 2.91. The molecule has 0 heterocycles. The summed E-state index contributed by atoms with van der Waals surface area (Å²) in [5, 5.41) is 7.48. The van der Waals surface area contributed by atoms with Crippen LogP contribution < -0.4 is 0 Å². The van der Waals surface area contributed by atoms with E-state index in [2.05, 4.69) is 12.1 Å². The average Bonchev–Trinajstić information content (AvgIpc) is 2.25. The zero-order valence-electron chi connectivity index (χ0n) is 10.3. The molecule has 0 aliphatic carbocycles. The Morgan fingerprint density at radius 1 is 1.17 bits per heavy atom. The lowest BCUT2D eigenvalue weighted by Gasteiger charge is -2.26. The summed E-state index contributed by atoms with van der Waals surface area (Å²) in [5.41, 5.74) is 1.08. The molecule has 0 bridgehead atoms. The fourth-order valence-corrected chi connectivity index (χ4v) is 1.71. The van der Waals surface area contributed by atoms with Gasteiger partial charge in [-0.05, 0) is 12.0 Å². The first kappa shape index (κ1) is 15.6. The molecule has 1 aromatic carbocycles. The summed E-state index contributed by atoms with van der Waals surface area (Å²) in [4.78, 5) is 0. The van der Waals surface area contributed by atoms with Crippen LogP contribution in [-0.2, 0) is 11.2 Å². The fraction of sp³-hybridized carbons (Fsp3) is 0.462. The van der Waals surface area contributed by atoms with Gasteiger partial charge in [0.1, 0.15) is 0 Å². The van der Waals surface area contributed by atoms with E-state index in [1.165, 1.54) is 5.56 Å². The number of ether oxygens (including phenoxy) is 1. The second kappa shape index (κ2) is 6.14. The molecule has 5 heteroatoms. The van der Waals surface area contributed by atoms with Gasteiger partial charge in [0.15, 0.2) is 0 Å². The monoisotopic (exact) mass is 307 g/mol. The van der Waals surface area contributed by atoms with E-state index in [-0.39, 0.29) is 11.3 Å². The van der Waals surface area contributed by atoms with Crippen LogP contribution in [0.15, 0.2) is 30.3 Å². The molecule has 0 aromatic heterocycles. The minimum absolute atomic E-state index is 0.135. The molecule has 2 nitrogen and oxygen atoms in total. The number of rotatable bonds is 4. The normalized spacial score (nSPS) is 12.3. The van der Waals surface area contributed by atoms with Crippen LogP contribution in [0.3, 0.4) is 0 Å². The molecule has 0 fully saturated rings. The summed E-state index contributed by atoms with van der Waals surface area (Å²) < 4.78 is 3.44. The minimum atomic E-state index is -1.79. The van der Waals surface area contributed by atoms with Crippen molar-refractivity contribution in [2.45, 2.75) is 24.1 Å². The van der Waals surface area contributed by atoms with E-state index in [4.69, 9.17) is 44.9 Å². The van der Waals surface area contributed by atoms with Gasteiger partial charge in [-0.3, -0.25) is 5.41 Å². The highest BCUT2D eigenvalue weighted by Crippen LogP contribution is 2.29. The molecule has 0 amide bonds. The molecule has 0 saturated heterocycles. The molecule has 0 saturated carbocycles. The van der Waals surface area contributed by atoms with Gasteiger partial charge in [-0.25, -0.2) is 0 Å². The van der Waals surface area contributed by atoms with Crippen LogP contribution in [0.25, 0.3) is 0 Å². The van der Waals surface area contributed by atoms with E-state index in [9.17, 15) is 0 Å². The molecule has 1 N–H and O–H groups in total. The quantitative estimate of drug-likeness (QED) is 0.491. The van der Waals surface area contributed by atoms with E-state index >= 15 is 0 Å². The van der Waals surface area contributed by atoms with Crippen molar-refractivity contribution in [2.24, 2.45) is 5.41 Å². The minimum Gasteiger partial charge on any atom is -0.477 e. The van der Waals surface area contributed by atoms with Crippen LogP contribution in [0.1, 0.15) is 19.4 Å². The highest BCUT2D eigenvalue weighted by atomic mass is 35.6. The Balaban J connectivity index is 2.53. The van der Waals surface area contributed by atoms with Gasteiger partial charge in [0, 0.05) is 5.41 Å². The van der Waals surface area contributed by atoms with E-state index in [1.54, 1.807) is 0 Å². The number of hydrogen-bond donors (Lipinski definition) is 1. The van der Waals surface area contributed by atoms with Gasteiger partial charge in [-0.15, -0.1) is 0 Å². The number of benzene rings is 1. The van der Waals surface area contributed by atoms with Crippen LogP contribution in [0.5, 0.6) is 0 Å². The predicted molar refractivity (Wildman–Crippen MR) is 77.9 cm³/mol. The van der Waals surface area contributed by atoms with Crippen LogP contribution in [0, 0.1) is 10.8 Å². The molecule has 1 aromatic rings. The van der Waals surface area contributed by atoms with E-state index in [0.29, 0.717) is 6.61 Å². The molecule has 0 aliphatic rings. The molecule has 0 unspecified atom stereocenters. The lowest BCUT2D eigenvalue weighted by molar-refractivity contribution is 0.165. The summed E-state index contributed by atoms with van der Waals surface area (Å²) in [5.74, 6) is -0.339. The van der Waals surface area contributed by atoms with Gasteiger partial charge in [0.2, 0.25) is 5.90 Å². The molecule has 100 valence electrons. The third kappa shape index (κ3) is 5.47. The van der Waals surface area contributed by atoms with Gasteiger partial charge in [-0.2, -0.15) is 0 Å². The maximum Gasteiger partial charge on any atom is 0.265 e. The topological polar surface area (TPSA) is 33.1 Å². The Morgan fingerprint density at radius 3 is 2.22 bits per heavy atom. The van der Waals surface area contributed by atoms with Crippen molar-refractivity contribution in [2.75, 3.05) is 6.61 Å². The zero-order valence-corrected chi connectivity index (χ0v) is 12.6. The average molecular weight is 309 g/mol. The Kier molecular flexibility index (Phi) is 5.32. The van der Waals surface area contributed by atoms with Crippen molar-refractivity contribution in [1.29, 1.82) is 5.41 Å². The standard InChI is InChI=1S/C13H16Cl3NO/c1-12(2,8-10-6-4-3-5-7-10)9-18-11(17)13(14,15)16/h3-7,17H,8-9H2,1-2H3. The molecular formula is C13H16Cl3NO. The largest absolute Gasteiger partial charge is 0.477 e. The summed E-state index contributed by atoms with van der Waals surface area (Å²) in [6.07, 6.45) is 0.834. The predicted octanol–water partition coefficient (Wildman–Crippen LogP) is 4.62. The first-order chi connectivity index (χ1) is 8.21. The van der Waals surface area contributed by atoms with Crippen LogP contribution in [0.2, 0.25) is 0 Å². The van der Waals surface area contributed by atoms with Gasteiger partial charge < -0.3 is 4.74 Å². The summed E-state index contributed by atoms with van der Waals surface area (Å²) in [7, 11) is 0. The second-order valence-electron chi connectivity index (χ2n) is 4.94. The van der Waals surface area contributed by atoms with E-state index in [0.717, 1.165) is 6.42 Å². The molecule has 0 aliphatic heterocycles. The molecule has 0 atom stereocenters. The molecular weight excluding hydrogens is 293 g/mol. The molecule has 0 radical (unpaired) electrons. The SMILES string of the molecule is CC(C)(COC(=N)C(Cl)(Cl)Cl)Cc1ccccc1. The highest BCUT2D eigenvalue weighted by Gasteiger charge is 2.30. The van der Waals surface area contributed by atoms with Crippen molar-refractivity contribution in [3.05, 3.63) is 35.9 Å². The number of alkyl halides is 3. The van der Waals surface area contributed by atoms with Gasteiger partial charge in [0.25, 0.3) is 3.79 Å². The third-order valence-electron chi connectivity index (χ3n) is 2.39. The Labute approximate surface area is 123 Å². The smallest absolute Gasteiger partial charge is 0.265 e. The maximum absolute atomic E-state index is 7.48. The number of nitrogens with one attached hydrogen (secondary N) is 1. The van der Waals surface area contributed by atoms with Gasteiger partial charge in [0.05, 0.1) is 6.61 Å². The van der Waals surface area contributed by atoms with Crippen LogP contribution in [0.4, 0.5) is 0 Å². The lowest BCUT2D eigenvalue weighted by atomic mass is 9.87. The van der Waals surface area contributed by atoms with E-state index < -0.39 is 3.79 Å². The fourth-order valence-electron chi connectivity index (χ4n) is 1.55. The number of halogens is 3. The Morgan fingerprint density at radius 2 is 1.72 bits per heavy atom. The first-order valence-electron chi connectivity index (χ1n) is 5.53. The highest BCUT2D eigenvalue weighted by molar-refractivity contribution is 6.76. The van der Waals surface area contributed by atoms with Crippen molar-refractivity contribution in [3.63, 3.8) is 0 Å². The van der Waals surface area contributed by atoms with Crippen molar-refractivity contribution in [3.8, 4) is 0 Å². The van der Waals surface area contributed by atoms with Crippen molar-refractivity contribution in [1.82, 2.24) is 0 Å². The second-order valence-corrected chi connectivity index (χ2v) is 7.22. The summed E-state index contributed by atoms with van der Waals surface area (Å²) in [6.45, 7) is 4.42. The molecule has 1 rings (SSSR count). The number of hydrogen-bond acceptors (Lipinski definition) is 2. The van der Waals surface area contributed by atoms with Crippen molar-refractivity contribution < 1.29 is 4.74 Å². The molecule has 18 heavy (non-hydrogen) atoms. The zero-order chi connectivity index (χ0) is 13.8. The Hall–Kier alpha value is -0.440. The lowest BCUT2D eigenvalue weighted by Crippen LogP contribution is -2.29. The first-order valence-corrected chi connectivity index (χ1v) is 6.66. The van der Waals surface area contributed by atoms with Crippen molar-refractivity contribution >= 4 is 40.7 Å². The molecule has 0 spiro atoms. The summed E-state index contributed by atoms with van der Waals surface area (Å²) in [6, 6.07) is 10.1.